The number of benzene rings is 1. The molecule has 1 aromatic heterocycles. The van der Waals surface area contributed by atoms with E-state index in [0.717, 1.165) is 11.8 Å². The van der Waals surface area contributed by atoms with Gasteiger partial charge < -0.3 is 9.36 Å². The van der Waals surface area contributed by atoms with Crippen LogP contribution in [0.25, 0.3) is 5.69 Å². The van der Waals surface area contributed by atoms with E-state index in [2.05, 4.69) is 4.98 Å². The van der Waals surface area contributed by atoms with Crippen molar-refractivity contribution in [2.24, 2.45) is 0 Å². The van der Waals surface area contributed by atoms with Crippen LogP contribution < -0.4 is 0 Å². The fourth-order valence-corrected chi connectivity index (χ4v) is 1.54. The average Bonchev–Trinajstić information content (AvgIpc) is 2.80. The third kappa shape index (κ3) is 2.16. The molecule has 0 N–H and O–H groups in total. The number of halogens is 1. The van der Waals surface area contributed by atoms with E-state index in [1.807, 2.05) is 6.07 Å². The van der Waals surface area contributed by atoms with E-state index in [0.29, 0.717) is 18.5 Å². The fourth-order valence-electron chi connectivity index (χ4n) is 1.54. The summed E-state index contributed by atoms with van der Waals surface area (Å²) < 4.78 is 15.3. The maximum absolute atomic E-state index is 13.7. The number of imidazole rings is 1. The van der Waals surface area contributed by atoms with Crippen LogP contribution in [0, 0.1) is 5.82 Å². The highest BCUT2D eigenvalue weighted by Crippen LogP contribution is 2.15. The molecule has 3 nitrogen and oxygen atoms in total. The van der Waals surface area contributed by atoms with Crippen LogP contribution >= 0.6 is 0 Å². The Balaban J connectivity index is 2.26. The smallest absolute Gasteiger partial charge is 0.147 e. The van der Waals surface area contributed by atoms with Gasteiger partial charge in [0, 0.05) is 18.8 Å². The lowest BCUT2D eigenvalue weighted by Crippen LogP contribution is -1.96. The quantitative estimate of drug-likeness (QED) is 0.737. The largest absolute Gasteiger partial charge is 0.303 e. The van der Waals surface area contributed by atoms with Crippen molar-refractivity contribution in [2.75, 3.05) is 0 Å². The van der Waals surface area contributed by atoms with Crippen LogP contribution in [0.4, 0.5) is 4.39 Å². The lowest BCUT2D eigenvalue weighted by atomic mass is 10.1. The number of carbonyl (C=O) groups is 1. The molecule has 16 heavy (non-hydrogen) atoms. The lowest BCUT2D eigenvalue weighted by Gasteiger charge is -2.05. The SMILES string of the molecule is O=CCCc1ccc(-n2ccnc2)c(F)c1. The van der Waals surface area contributed by atoms with Crippen molar-refractivity contribution < 1.29 is 9.18 Å². The van der Waals surface area contributed by atoms with Crippen molar-refractivity contribution in [1.82, 2.24) is 9.55 Å². The molecule has 1 aromatic carbocycles. The van der Waals surface area contributed by atoms with E-state index < -0.39 is 0 Å². The molecule has 0 amide bonds. The van der Waals surface area contributed by atoms with Crippen LogP contribution in [0.1, 0.15) is 12.0 Å². The summed E-state index contributed by atoms with van der Waals surface area (Å²) in [6, 6.07) is 4.97. The van der Waals surface area contributed by atoms with Gasteiger partial charge >= 0.3 is 0 Å². The second kappa shape index (κ2) is 4.70. The van der Waals surface area contributed by atoms with Crippen LogP contribution in [0.2, 0.25) is 0 Å². The molecule has 0 fully saturated rings. The normalized spacial score (nSPS) is 10.3. The number of hydrogen-bond acceptors (Lipinski definition) is 2. The summed E-state index contributed by atoms with van der Waals surface area (Å²) >= 11 is 0. The number of aromatic nitrogens is 2. The molecular weight excluding hydrogens is 207 g/mol. The summed E-state index contributed by atoms with van der Waals surface area (Å²) in [6.45, 7) is 0. The molecule has 82 valence electrons. The molecule has 0 saturated heterocycles. The Morgan fingerprint density at radius 3 is 2.94 bits per heavy atom. The first-order valence-electron chi connectivity index (χ1n) is 5.01. The van der Waals surface area contributed by atoms with Gasteiger partial charge in [-0.05, 0) is 24.1 Å². The van der Waals surface area contributed by atoms with Crippen LogP contribution in [0.3, 0.4) is 0 Å². The van der Waals surface area contributed by atoms with Gasteiger partial charge in [0.15, 0.2) is 0 Å². The predicted molar refractivity (Wildman–Crippen MR) is 57.9 cm³/mol. The molecule has 0 bridgehead atoms. The average molecular weight is 218 g/mol. The van der Waals surface area contributed by atoms with Crippen molar-refractivity contribution in [1.29, 1.82) is 0 Å². The number of aryl methyl sites for hydroxylation is 1. The van der Waals surface area contributed by atoms with E-state index >= 15 is 0 Å². The first-order valence-corrected chi connectivity index (χ1v) is 5.01. The Bertz CT molecular complexity index is 480. The zero-order chi connectivity index (χ0) is 11.4. The minimum atomic E-state index is -0.304. The van der Waals surface area contributed by atoms with E-state index in [9.17, 15) is 9.18 Å². The van der Waals surface area contributed by atoms with Crippen LogP contribution in [-0.4, -0.2) is 15.8 Å². The maximum Gasteiger partial charge on any atom is 0.147 e. The second-order valence-electron chi connectivity index (χ2n) is 3.46. The van der Waals surface area contributed by atoms with Gasteiger partial charge in [0.05, 0.1) is 12.0 Å². The van der Waals surface area contributed by atoms with Gasteiger partial charge in [-0.2, -0.15) is 0 Å². The molecule has 4 heteroatoms. The van der Waals surface area contributed by atoms with Gasteiger partial charge in [-0.3, -0.25) is 0 Å². The van der Waals surface area contributed by atoms with Crippen molar-refractivity contribution in [3.63, 3.8) is 0 Å². The van der Waals surface area contributed by atoms with Gasteiger partial charge in [0.25, 0.3) is 0 Å². The van der Waals surface area contributed by atoms with Crippen molar-refractivity contribution in [3.05, 3.63) is 48.3 Å². The van der Waals surface area contributed by atoms with E-state index in [-0.39, 0.29) is 5.82 Å². The maximum atomic E-state index is 13.7. The summed E-state index contributed by atoms with van der Waals surface area (Å²) in [6.07, 6.45) is 6.66. The Labute approximate surface area is 92.5 Å². The molecule has 0 aliphatic carbocycles. The van der Waals surface area contributed by atoms with Gasteiger partial charge in [0.2, 0.25) is 0 Å². The Morgan fingerprint density at radius 1 is 1.44 bits per heavy atom. The molecule has 0 unspecified atom stereocenters. The summed E-state index contributed by atoms with van der Waals surface area (Å²) in [7, 11) is 0. The molecule has 0 aliphatic heterocycles. The van der Waals surface area contributed by atoms with Gasteiger partial charge in [-0.25, -0.2) is 9.37 Å². The Hall–Kier alpha value is -1.97. The third-order valence-electron chi connectivity index (χ3n) is 2.35. The Kier molecular flexibility index (Phi) is 3.10. The second-order valence-corrected chi connectivity index (χ2v) is 3.46. The number of aldehydes is 1. The molecule has 1 heterocycles. The molecule has 2 aromatic rings. The van der Waals surface area contributed by atoms with Gasteiger partial charge in [0.1, 0.15) is 12.1 Å². The molecule has 0 radical (unpaired) electrons. The topological polar surface area (TPSA) is 34.9 Å². The Morgan fingerprint density at radius 2 is 2.31 bits per heavy atom. The van der Waals surface area contributed by atoms with Crippen LogP contribution in [0.15, 0.2) is 36.9 Å². The van der Waals surface area contributed by atoms with E-state index in [1.54, 1.807) is 29.4 Å². The number of rotatable bonds is 4. The highest BCUT2D eigenvalue weighted by atomic mass is 19.1. The molecule has 0 saturated carbocycles. The molecule has 0 aliphatic rings. The standard InChI is InChI=1S/C12H11FN2O/c13-11-8-10(2-1-7-16)3-4-12(11)15-6-5-14-9-15/h3-9H,1-2H2. The third-order valence-corrected chi connectivity index (χ3v) is 2.35. The van der Waals surface area contributed by atoms with E-state index in [1.165, 1.54) is 6.07 Å². The summed E-state index contributed by atoms with van der Waals surface area (Å²) in [5.74, 6) is -0.304. The van der Waals surface area contributed by atoms with Gasteiger partial charge in [-0.15, -0.1) is 0 Å². The summed E-state index contributed by atoms with van der Waals surface area (Å²) in [5, 5.41) is 0. The van der Waals surface area contributed by atoms with Crippen LogP contribution in [0.5, 0.6) is 0 Å². The fraction of sp³-hybridized carbons (Fsp3) is 0.167. The minimum Gasteiger partial charge on any atom is -0.303 e. The number of nitrogens with zero attached hydrogens (tertiary/aromatic N) is 2. The molecule has 2 rings (SSSR count). The van der Waals surface area contributed by atoms with Crippen molar-refractivity contribution in [3.8, 4) is 5.69 Å². The number of carbonyl (C=O) groups excluding carboxylic acids is 1. The summed E-state index contributed by atoms with van der Waals surface area (Å²) in [4.78, 5) is 14.1. The van der Waals surface area contributed by atoms with Gasteiger partial charge in [-0.1, -0.05) is 6.07 Å². The molecular formula is C12H11FN2O. The predicted octanol–water partition coefficient (Wildman–Crippen LogP) is 2.14. The van der Waals surface area contributed by atoms with Crippen LogP contribution in [-0.2, 0) is 11.2 Å². The zero-order valence-electron chi connectivity index (χ0n) is 8.64. The lowest BCUT2D eigenvalue weighted by molar-refractivity contribution is -0.107. The molecule has 0 atom stereocenters. The first kappa shape index (κ1) is 10.5. The van der Waals surface area contributed by atoms with Crippen molar-refractivity contribution in [2.45, 2.75) is 12.8 Å². The highest BCUT2D eigenvalue weighted by molar-refractivity contribution is 5.50. The zero-order valence-corrected chi connectivity index (χ0v) is 8.64. The molecule has 0 spiro atoms. The first-order chi connectivity index (χ1) is 7.81. The minimum absolute atomic E-state index is 0.304. The highest BCUT2D eigenvalue weighted by Gasteiger charge is 2.04. The number of hydrogen-bond donors (Lipinski definition) is 0. The summed E-state index contributed by atoms with van der Waals surface area (Å²) in [5.41, 5.74) is 1.29. The van der Waals surface area contributed by atoms with E-state index in [4.69, 9.17) is 0 Å². The van der Waals surface area contributed by atoms with Crippen molar-refractivity contribution >= 4 is 6.29 Å². The monoisotopic (exact) mass is 218 g/mol.